The lowest BCUT2D eigenvalue weighted by atomic mass is 9.86. The molecule has 0 bridgehead atoms. The van der Waals surface area contributed by atoms with Crippen LogP contribution in [0, 0.1) is 5.92 Å². The number of para-hydroxylation sites is 1. The Morgan fingerprint density at radius 2 is 1.70 bits per heavy atom. The van der Waals surface area contributed by atoms with E-state index < -0.39 is 0 Å². The number of rotatable bonds is 3. The number of nitrogens with two attached hydrogens (primary N) is 1. The number of hydrogen-bond acceptors (Lipinski definition) is 4. The monoisotopic (exact) mass is 357 g/mol. The van der Waals surface area contributed by atoms with Crippen molar-refractivity contribution in [1.29, 1.82) is 0 Å². The summed E-state index contributed by atoms with van der Waals surface area (Å²) >= 11 is 0. The van der Waals surface area contributed by atoms with Crippen LogP contribution >= 0.6 is 0 Å². The zero-order chi connectivity index (χ0) is 18.2. The van der Waals surface area contributed by atoms with Crippen LogP contribution in [0.3, 0.4) is 0 Å². The largest absolute Gasteiger partial charge is 0.356 e. The second-order valence-electron chi connectivity index (χ2n) is 7.35. The maximum atomic E-state index is 6.55. The van der Waals surface area contributed by atoms with Crippen LogP contribution in [0.2, 0.25) is 0 Å². The van der Waals surface area contributed by atoms with Crippen LogP contribution in [-0.4, -0.2) is 28.0 Å². The Morgan fingerprint density at radius 3 is 2.52 bits per heavy atom. The van der Waals surface area contributed by atoms with Crippen molar-refractivity contribution in [3.8, 4) is 0 Å². The fourth-order valence-corrected chi connectivity index (χ4v) is 4.31. The summed E-state index contributed by atoms with van der Waals surface area (Å²) in [4.78, 5) is 14.9. The van der Waals surface area contributed by atoms with Gasteiger partial charge in [-0.2, -0.15) is 0 Å². The molecule has 0 radical (unpaired) electrons. The topological polar surface area (TPSA) is 70.8 Å². The van der Waals surface area contributed by atoms with E-state index in [2.05, 4.69) is 62.3 Å². The number of nitrogens with one attached hydrogen (secondary N) is 1. The number of aromatic amines is 1. The molecule has 5 nitrogen and oxygen atoms in total. The van der Waals surface area contributed by atoms with E-state index in [-0.39, 0.29) is 6.04 Å². The molecule has 0 amide bonds. The molecular formula is C22H23N5. The third-order valence-corrected chi connectivity index (χ3v) is 5.81. The van der Waals surface area contributed by atoms with Gasteiger partial charge in [-0.1, -0.05) is 48.5 Å². The van der Waals surface area contributed by atoms with Crippen LogP contribution in [0.25, 0.3) is 21.9 Å². The third-order valence-electron chi connectivity index (χ3n) is 5.81. The van der Waals surface area contributed by atoms with Crippen molar-refractivity contribution in [3.05, 3.63) is 66.5 Å². The summed E-state index contributed by atoms with van der Waals surface area (Å²) in [5, 5.41) is 2.31. The van der Waals surface area contributed by atoms with Crippen LogP contribution in [0.1, 0.15) is 24.4 Å². The van der Waals surface area contributed by atoms with Gasteiger partial charge in [0, 0.05) is 30.0 Å². The van der Waals surface area contributed by atoms with E-state index in [1.807, 2.05) is 12.1 Å². The number of fused-ring (bicyclic) bond motifs is 3. The van der Waals surface area contributed by atoms with Crippen molar-refractivity contribution in [3.63, 3.8) is 0 Å². The minimum absolute atomic E-state index is 0.104. The molecule has 2 aromatic heterocycles. The molecule has 3 heterocycles. The average molecular weight is 357 g/mol. The summed E-state index contributed by atoms with van der Waals surface area (Å²) < 4.78 is 0. The number of anilines is 1. The normalized spacial score (nSPS) is 16.9. The first-order chi connectivity index (χ1) is 13.3. The van der Waals surface area contributed by atoms with Crippen molar-refractivity contribution in [2.45, 2.75) is 18.9 Å². The molecule has 5 rings (SSSR count). The molecule has 0 aliphatic carbocycles. The maximum Gasteiger partial charge on any atom is 0.143 e. The number of piperidine rings is 1. The molecule has 2 aromatic carbocycles. The lowest BCUT2D eigenvalue weighted by molar-refractivity contribution is 0.344. The van der Waals surface area contributed by atoms with Gasteiger partial charge in [-0.05, 0) is 30.4 Å². The molecule has 1 saturated heterocycles. The summed E-state index contributed by atoms with van der Waals surface area (Å²) in [6.07, 6.45) is 3.81. The van der Waals surface area contributed by atoms with Gasteiger partial charge in [0.05, 0.1) is 5.39 Å². The SMILES string of the molecule is NC(c1ccccc1)C1CCN(c2ncnc3[nH]c4ccccc4c23)CC1. The highest BCUT2D eigenvalue weighted by Crippen LogP contribution is 2.35. The molecule has 1 fully saturated rings. The molecule has 5 heteroatoms. The molecular weight excluding hydrogens is 334 g/mol. The van der Waals surface area contributed by atoms with E-state index in [1.54, 1.807) is 6.33 Å². The third kappa shape index (κ3) is 2.84. The molecule has 1 atom stereocenters. The highest BCUT2D eigenvalue weighted by Gasteiger charge is 2.27. The van der Waals surface area contributed by atoms with Crippen molar-refractivity contribution in [2.75, 3.05) is 18.0 Å². The zero-order valence-corrected chi connectivity index (χ0v) is 15.2. The number of nitrogens with zero attached hydrogens (tertiary/aromatic N) is 3. The quantitative estimate of drug-likeness (QED) is 0.581. The molecule has 1 aliphatic rings. The summed E-state index contributed by atoms with van der Waals surface area (Å²) in [6, 6.07) is 18.9. The van der Waals surface area contributed by atoms with E-state index in [1.165, 1.54) is 10.9 Å². The van der Waals surface area contributed by atoms with Gasteiger partial charge in [0.1, 0.15) is 17.8 Å². The average Bonchev–Trinajstić information content (AvgIpc) is 3.13. The smallest absolute Gasteiger partial charge is 0.143 e. The van der Waals surface area contributed by atoms with Crippen LogP contribution in [0.5, 0.6) is 0 Å². The van der Waals surface area contributed by atoms with Crippen LogP contribution in [-0.2, 0) is 0 Å². The fraction of sp³-hybridized carbons (Fsp3) is 0.273. The summed E-state index contributed by atoms with van der Waals surface area (Å²) in [7, 11) is 0. The van der Waals surface area contributed by atoms with Crippen molar-refractivity contribution in [2.24, 2.45) is 11.7 Å². The van der Waals surface area contributed by atoms with Crippen molar-refractivity contribution in [1.82, 2.24) is 15.0 Å². The van der Waals surface area contributed by atoms with Crippen LogP contribution < -0.4 is 10.6 Å². The molecule has 1 aliphatic heterocycles. The minimum atomic E-state index is 0.104. The Kier molecular flexibility index (Phi) is 4.02. The van der Waals surface area contributed by atoms with Crippen LogP contribution in [0.15, 0.2) is 60.9 Å². The van der Waals surface area contributed by atoms with E-state index in [0.29, 0.717) is 5.92 Å². The van der Waals surface area contributed by atoms with Gasteiger partial charge >= 0.3 is 0 Å². The number of benzene rings is 2. The summed E-state index contributed by atoms with van der Waals surface area (Å²) in [6.45, 7) is 1.94. The second kappa shape index (κ2) is 6.67. The van der Waals surface area contributed by atoms with E-state index in [9.17, 15) is 0 Å². The maximum absolute atomic E-state index is 6.55. The van der Waals surface area contributed by atoms with Crippen LogP contribution in [0.4, 0.5) is 5.82 Å². The molecule has 0 spiro atoms. The molecule has 3 N–H and O–H groups in total. The highest BCUT2D eigenvalue weighted by molar-refractivity contribution is 6.11. The van der Waals surface area contributed by atoms with E-state index >= 15 is 0 Å². The van der Waals surface area contributed by atoms with Gasteiger partial charge in [-0.15, -0.1) is 0 Å². The molecule has 1 unspecified atom stereocenters. The Morgan fingerprint density at radius 1 is 0.963 bits per heavy atom. The molecule has 136 valence electrons. The van der Waals surface area contributed by atoms with Gasteiger partial charge in [0.15, 0.2) is 0 Å². The first-order valence-electron chi connectivity index (χ1n) is 9.58. The Bertz CT molecular complexity index is 1060. The standard InChI is InChI=1S/C22H23N5/c23-20(15-6-2-1-3-7-15)16-10-12-27(13-11-16)22-19-17-8-4-5-9-18(17)26-21(19)24-14-25-22/h1-9,14,16,20H,10-13,23H2,(H,24,25,26). The van der Waals surface area contributed by atoms with E-state index in [4.69, 9.17) is 5.73 Å². The summed E-state index contributed by atoms with van der Waals surface area (Å²) in [5.74, 6) is 1.54. The van der Waals surface area contributed by atoms with Crippen molar-refractivity contribution < 1.29 is 0 Å². The Hall–Kier alpha value is -2.92. The van der Waals surface area contributed by atoms with Crippen molar-refractivity contribution >= 4 is 27.8 Å². The van der Waals surface area contributed by atoms with Gasteiger partial charge in [-0.3, -0.25) is 0 Å². The summed E-state index contributed by atoms with van der Waals surface area (Å²) in [5.41, 5.74) is 9.80. The van der Waals surface area contributed by atoms with E-state index in [0.717, 1.165) is 48.3 Å². The lowest BCUT2D eigenvalue weighted by Gasteiger charge is -2.35. The van der Waals surface area contributed by atoms with Gasteiger partial charge in [-0.25, -0.2) is 9.97 Å². The predicted octanol–water partition coefficient (Wildman–Crippen LogP) is 4.03. The fourth-order valence-electron chi connectivity index (χ4n) is 4.31. The first kappa shape index (κ1) is 16.3. The Balaban J connectivity index is 1.41. The molecule has 0 saturated carbocycles. The molecule has 4 aromatic rings. The lowest BCUT2D eigenvalue weighted by Crippen LogP contribution is -2.38. The molecule has 27 heavy (non-hydrogen) atoms. The second-order valence-corrected chi connectivity index (χ2v) is 7.35. The van der Waals surface area contributed by atoms with Gasteiger partial charge in [0.2, 0.25) is 0 Å². The highest BCUT2D eigenvalue weighted by atomic mass is 15.2. The predicted molar refractivity (Wildman–Crippen MR) is 110 cm³/mol. The Labute approximate surface area is 158 Å². The first-order valence-corrected chi connectivity index (χ1v) is 9.58. The van der Waals surface area contributed by atoms with Gasteiger partial charge < -0.3 is 15.6 Å². The van der Waals surface area contributed by atoms with Gasteiger partial charge in [0.25, 0.3) is 0 Å². The minimum Gasteiger partial charge on any atom is -0.356 e. The number of hydrogen-bond donors (Lipinski definition) is 2. The number of aromatic nitrogens is 3. The zero-order valence-electron chi connectivity index (χ0n) is 15.2. The number of H-pyrrole nitrogens is 1.